The summed E-state index contributed by atoms with van der Waals surface area (Å²) in [4.78, 5) is 12.5. The first-order valence-corrected chi connectivity index (χ1v) is 7.95. The molecule has 4 rings (SSSR count). The van der Waals surface area contributed by atoms with Gasteiger partial charge in [-0.1, -0.05) is 6.07 Å². The Labute approximate surface area is 129 Å². The fourth-order valence-corrected chi connectivity index (χ4v) is 3.96. The van der Waals surface area contributed by atoms with Gasteiger partial charge in [-0.05, 0) is 42.5 Å². The maximum atomic E-state index is 12.5. The van der Waals surface area contributed by atoms with E-state index >= 15 is 0 Å². The molecule has 1 spiro atoms. The molecule has 0 radical (unpaired) electrons. The number of benzene rings is 1. The highest BCUT2D eigenvalue weighted by Crippen LogP contribution is 2.49. The standard InChI is InChI=1S/C17H21NO4/c19-15-8-14(17(15)3-5-21-6-4-17)18-16(20)11-1-2-12-9-22-10-13(12)7-11/h1-2,7,14-15,19H,3-6,8-10H2,(H,18,20)/t14-,15-/m1/s1. The van der Waals surface area contributed by atoms with Crippen LogP contribution in [0.1, 0.15) is 40.7 Å². The van der Waals surface area contributed by atoms with E-state index in [0.717, 1.165) is 24.0 Å². The lowest BCUT2D eigenvalue weighted by Crippen LogP contribution is -2.65. The van der Waals surface area contributed by atoms with Gasteiger partial charge in [0.15, 0.2) is 0 Å². The van der Waals surface area contributed by atoms with Crippen molar-refractivity contribution in [3.8, 4) is 0 Å². The van der Waals surface area contributed by atoms with Gasteiger partial charge in [-0.2, -0.15) is 0 Å². The molecule has 0 unspecified atom stereocenters. The van der Waals surface area contributed by atoms with Gasteiger partial charge in [0.1, 0.15) is 0 Å². The lowest BCUT2D eigenvalue weighted by atomic mass is 9.58. The maximum absolute atomic E-state index is 12.5. The molecule has 2 aliphatic heterocycles. The van der Waals surface area contributed by atoms with Crippen molar-refractivity contribution in [3.63, 3.8) is 0 Å². The molecule has 2 fully saturated rings. The molecule has 5 heteroatoms. The first-order valence-electron chi connectivity index (χ1n) is 7.95. The molecule has 1 aromatic carbocycles. The molecule has 118 valence electrons. The van der Waals surface area contributed by atoms with Crippen LogP contribution in [0.3, 0.4) is 0 Å². The zero-order valence-electron chi connectivity index (χ0n) is 12.5. The minimum absolute atomic E-state index is 0.0448. The second-order valence-corrected chi connectivity index (χ2v) is 6.60. The van der Waals surface area contributed by atoms with Crippen molar-refractivity contribution in [1.29, 1.82) is 0 Å². The molecule has 3 aliphatic rings. The van der Waals surface area contributed by atoms with Gasteiger partial charge in [0, 0.05) is 30.2 Å². The number of nitrogens with one attached hydrogen (secondary N) is 1. The molecule has 2 atom stereocenters. The van der Waals surface area contributed by atoms with Gasteiger partial charge in [0.25, 0.3) is 5.91 Å². The molecular weight excluding hydrogens is 282 g/mol. The van der Waals surface area contributed by atoms with Gasteiger partial charge < -0.3 is 19.9 Å². The van der Waals surface area contributed by atoms with Crippen molar-refractivity contribution in [2.24, 2.45) is 5.41 Å². The SMILES string of the molecule is O=C(N[C@@H]1C[C@@H](O)C12CCOCC2)c1ccc2c(c1)COC2. The number of aliphatic hydroxyl groups is 1. The highest BCUT2D eigenvalue weighted by molar-refractivity contribution is 5.94. The summed E-state index contributed by atoms with van der Waals surface area (Å²) in [6.45, 7) is 2.55. The first kappa shape index (κ1) is 14.2. The molecule has 1 amide bonds. The summed E-state index contributed by atoms with van der Waals surface area (Å²) in [6.07, 6.45) is 1.95. The van der Waals surface area contributed by atoms with E-state index in [0.29, 0.717) is 38.4 Å². The quantitative estimate of drug-likeness (QED) is 0.866. The van der Waals surface area contributed by atoms with Crippen molar-refractivity contribution in [2.45, 2.75) is 44.6 Å². The van der Waals surface area contributed by atoms with E-state index in [4.69, 9.17) is 9.47 Å². The van der Waals surface area contributed by atoms with E-state index in [2.05, 4.69) is 5.32 Å². The van der Waals surface area contributed by atoms with E-state index in [1.54, 1.807) is 0 Å². The Hall–Kier alpha value is -1.43. The molecule has 0 bridgehead atoms. The van der Waals surface area contributed by atoms with Crippen LogP contribution < -0.4 is 5.32 Å². The van der Waals surface area contributed by atoms with Crippen LogP contribution in [0.2, 0.25) is 0 Å². The third-order valence-corrected chi connectivity index (χ3v) is 5.53. The van der Waals surface area contributed by atoms with Crippen LogP contribution >= 0.6 is 0 Å². The third-order valence-electron chi connectivity index (χ3n) is 5.53. The summed E-state index contributed by atoms with van der Waals surface area (Å²) in [5.74, 6) is -0.0579. The smallest absolute Gasteiger partial charge is 0.251 e. The Morgan fingerprint density at radius 1 is 1.18 bits per heavy atom. The Bertz CT molecular complexity index is 594. The Morgan fingerprint density at radius 2 is 1.95 bits per heavy atom. The lowest BCUT2D eigenvalue weighted by molar-refractivity contribution is -0.145. The Morgan fingerprint density at radius 3 is 2.73 bits per heavy atom. The van der Waals surface area contributed by atoms with E-state index < -0.39 is 0 Å². The number of rotatable bonds is 2. The molecule has 5 nitrogen and oxygen atoms in total. The van der Waals surface area contributed by atoms with Gasteiger partial charge in [0.2, 0.25) is 0 Å². The molecule has 1 saturated heterocycles. The van der Waals surface area contributed by atoms with Gasteiger partial charge in [-0.25, -0.2) is 0 Å². The minimum Gasteiger partial charge on any atom is -0.392 e. The number of hydrogen-bond acceptors (Lipinski definition) is 4. The normalized spacial score (nSPS) is 29.0. The topological polar surface area (TPSA) is 67.8 Å². The van der Waals surface area contributed by atoms with Crippen LogP contribution in [0.15, 0.2) is 18.2 Å². The summed E-state index contributed by atoms with van der Waals surface area (Å²) in [5, 5.41) is 13.3. The predicted octanol–water partition coefficient (Wildman–Crippen LogP) is 1.38. The second-order valence-electron chi connectivity index (χ2n) is 6.60. The fourth-order valence-electron chi connectivity index (χ4n) is 3.96. The average Bonchev–Trinajstić information content (AvgIpc) is 3.02. The zero-order chi connectivity index (χ0) is 15.2. The second kappa shape index (κ2) is 5.33. The highest BCUT2D eigenvalue weighted by atomic mass is 16.5. The Kier molecular flexibility index (Phi) is 3.44. The number of carbonyl (C=O) groups is 1. The van der Waals surface area contributed by atoms with Gasteiger partial charge in [-0.3, -0.25) is 4.79 Å². The van der Waals surface area contributed by atoms with E-state index in [9.17, 15) is 9.90 Å². The number of hydrogen-bond donors (Lipinski definition) is 2. The molecule has 1 aromatic rings. The number of ether oxygens (including phenoxy) is 2. The molecular formula is C17H21NO4. The fraction of sp³-hybridized carbons (Fsp3) is 0.588. The number of amides is 1. The largest absolute Gasteiger partial charge is 0.392 e. The molecule has 1 aliphatic carbocycles. The van der Waals surface area contributed by atoms with Crippen LogP contribution in [-0.2, 0) is 22.7 Å². The van der Waals surface area contributed by atoms with E-state index in [-0.39, 0.29) is 23.5 Å². The van der Waals surface area contributed by atoms with Crippen molar-refractivity contribution < 1.29 is 19.4 Å². The number of aliphatic hydroxyl groups excluding tert-OH is 1. The van der Waals surface area contributed by atoms with E-state index in [1.807, 2.05) is 18.2 Å². The number of fused-ring (bicyclic) bond motifs is 1. The van der Waals surface area contributed by atoms with Gasteiger partial charge in [0.05, 0.1) is 19.3 Å². The highest BCUT2D eigenvalue weighted by Gasteiger charge is 2.55. The zero-order valence-corrected chi connectivity index (χ0v) is 12.5. The van der Waals surface area contributed by atoms with Gasteiger partial charge in [-0.15, -0.1) is 0 Å². The summed E-state index contributed by atoms with van der Waals surface area (Å²) in [5.41, 5.74) is 2.75. The van der Waals surface area contributed by atoms with Crippen molar-refractivity contribution in [1.82, 2.24) is 5.32 Å². The van der Waals surface area contributed by atoms with Crippen LogP contribution in [0.4, 0.5) is 0 Å². The van der Waals surface area contributed by atoms with Crippen LogP contribution in [0, 0.1) is 5.41 Å². The maximum Gasteiger partial charge on any atom is 0.251 e. The molecule has 22 heavy (non-hydrogen) atoms. The van der Waals surface area contributed by atoms with Gasteiger partial charge >= 0.3 is 0 Å². The minimum atomic E-state index is -0.324. The third kappa shape index (κ3) is 2.16. The van der Waals surface area contributed by atoms with E-state index in [1.165, 1.54) is 0 Å². The van der Waals surface area contributed by atoms with Crippen molar-refractivity contribution >= 4 is 5.91 Å². The summed E-state index contributed by atoms with van der Waals surface area (Å²) >= 11 is 0. The van der Waals surface area contributed by atoms with Crippen molar-refractivity contribution in [3.05, 3.63) is 34.9 Å². The first-order chi connectivity index (χ1) is 10.7. The van der Waals surface area contributed by atoms with Crippen molar-refractivity contribution in [2.75, 3.05) is 13.2 Å². The molecule has 2 N–H and O–H groups in total. The number of carbonyl (C=O) groups excluding carboxylic acids is 1. The summed E-state index contributed by atoms with van der Waals surface area (Å²) < 4.78 is 10.8. The Balaban J connectivity index is 1.48. The van der Waals surface area contributed by atoms with Crippen LogP contribution in [0.5, 0.6) is 0 Å². The molecule has 0 aromatic heterocycles. The van der Waals surface area contributed by atoms with Crippen LogP contribution in [0.25, 0.3) is 0 Å². The summed E-state index contributed by atoms with van der Waals surface area (Å²) in [7, 11) is 0. The van der Waals surface area contributed by atoms with Crippen LogP contribution in [-0.4, -0.2) is 36.4 Å². The average molecular weight is 303 g/mol. The monoisotopic (exact) mass is 303 g/mol. The predicted molar refractivity (Wildman–Crippen MR) is 79.3 cm³/mol. The summed E-state index contributed by atoms with van der Waals surface area (Å²) in [6, 6.07) is 5.79. The lowest BCUT2D eigenvalue weighted by Gasteiger charge is -2.55. The molecule has 1 saturated carbocycles. The molecule has 2 heterocycles.